The average molecular weight is 513 g/mol. The van der Waals surface area contributed by atoms with Crippen LogP contribution in [0.1, 0.15) is 51.4 Å². The molecule has 4 rings (SSSR count). The summed E-state index contributed by atoms with van der Waals surface area (Å²) in [6.07, 6.45) is 2.12. The molecule has 0 aliphatic rings. The smallest absolute Gasteiger partial charge is 0.335 e. The van der Waals surface area contributed by atoms with Crippen LogP contribution in [0.15, 0.2) is 72.9 Å². The molecule has 0 unspecified atom stereocenters. The minimum atomic E-state index is -1.01. The fourth-order valence-corrected chi connectivity index (χ4v) is 4.62. The second-order valence-corrected chi connectivity index (χ2v) is 9.55. The number of H-pyrrole nitrogens is 1. The van der Waals surface area contributed by atoms with Gasteiger partial charge in [-0.2, -0.15) is 0 Å². The number of nitrogens with zero attached hydrogens (tertiary/aromatic N) is 2. The molecule has 3 aromatic carbocycles. The van der Waals surface area contributed by atoms with E-state index < -0.39 is 18.1 Å². The normalized spacial score (nSPS) is 12.6. The van der Waals surface area contributed by atoms with Gasteiger partial charge >= 0.3 is 5.97 Å². The van der Waals surface area contributed by atoms with Crippen molar-refractivity contribution < 1.29 is 19.8 Å². The van der Waals surface area contributed by atoms with E-state index in [-0.39, 0.29) is 23.8 Å². The zero-order valence-corrected chi connectivity index (χ0v) is 21.7. The number of carboxylic acid groups (broad SMARTS) is 1. The number of carbonyl (C=O) groups excluding carboxylic acids is 1. The maximum absolute atomic E-state index is 13.8. The molecule has 0 bridgehead atoms. The number of aromatic carboxylic acids is 1. The van der Waals surface area contributed by atoms with Crippen molar-refractivity contribution >= 4 is 11.9 Å². The predicted octanol–water partition coefficient (Wildman–Crippen LogP) is 4.76. The molecule has 4 aromatic rings. The number of carboxylic acids is 1. The number of aromatic hydroxyl groups is 1. The Balaban J connectivity index is 1.63. The molecule has 0 fully saturated rings. The van der Waals surface area contributed by atoms with Gasteiger partial charge in [-0.15, -0.1) is 0 Å². The second-order valence-electron chi connectivity index (χ2n) is 9.55. The number of carbonyl (C=O) groups is 2. The maximum atomic E-state index is 13.8. The Bertz CT molecular complexity index is 1410. The van der Waals surface area contributed by atoms with Crippen molar-refractivity contribution in [1.29, 1.82) is 0 Å². The van der Waals surface area contributed by atoms with Crippen LogP contribution in [0, 0.1) is 13.8 Å². The summed E-state index contributed by atoms with van der Waals surface area (Å²) in [6, 6.07) is 18.3. The van der Waals surface area contributed by atoms with Gasteiger partial charge in [0.15, 0.2) is 0 Å². The summed E-state index contributed by atoms with van der Waals surface area (Å²) in [5.41, 5.74) is 11.8. The highest BCUT2D eigenvalue weighted by atomic mass is 16.4. The van der Waals surface area contributed by atoms with Gasteiger partial charge in [0, 0.05) is 18.3 Å². The topological polar surface area (TPSA) is 133 Å². The summed E-state index contributed by atoms with van der Waals surface area (Å²) in [5.74, 6) is -0.479. The van der Waals surface area contributed by atoms with Crippen molar-refractivity contribution in [2.75, 3.05) is 0 Å². The Labute approximate surface area is 221 Å². The molecule has 0 saturated carbocycles. The first-order valence-corrected chi connectivity index (χ1v) is 12.4. The molecule has 0 aliphatic heterocycles. The standard InChI is InChI=1S/C30H32N4O4/c1-18-13-24(35)14-19(2)25(18)15-26(31)29(36)34(17-21-9-11-23(12-10-21)30(37)38)20(3)28-32-16-27(33-28)22-7-5-4-6-8-22/h4-14,16,20,26,35H,15,17,31H2,1-3H3,(H,32,33)(H,37,38)/t20-,26-/m0/s1. The summed E-state index contributed by atoms with van der Waals surface area (Å²) in [5, 5.41) is 19.1. The van der Waals surface area contributed by atoms with Crippen LogP contribution in [0.2, 0.25) is 0 Å². The summed E-state index contributed by atoms with van der Waals surface area (Å²) >= 11 is 0. The highest BCUT2D eigenvalue weighted by molar-refractivity contribution is 5.87. The van der Waals surface area contributed by atoms with Gasteiger partial charge in [0.1, 0.15) is 11.6 Å². The van der Waals surface area contributed by atoms with Crippen molar-refractivity contribution in [3.05, 3.63) is 107 Å². The number of phenolic OH excluding ortho intramolecular Hbond substituents is 1. The highest BCUT2D eigenvalue weighted by Crippen LogP contribution is 2.26. The molecule has 2 atom stereocenters. The van der Waals surface area contributed by atoms with E-state index in [4.69, 9.17) is 10.7 Å². The first-order chi connectivity index (χ1) is 18.1. The van der Waals surface area contributed by atoms with Crippen LogP contribution in [-0.2, 0) is 17.8 Å². The monoisotopic (exact) mass is 512 g/mol. The lowest BCUT2D eigenvalue weighted by Crippen LogP contribution is -2.46. The van der Waals surface area contributed by atoms with E-state index in [1.54, 1.807) is 29.2 Å². The van der Waals surface area contributed by atoms with Crippen LogP contribution in [0.4, 0.5) is 0 Å². The van der Waals surface area contributed by atoms with Crippen LogP contribution < -0.4 is 5.73 Å². The first kappa shape index (κ1) is 26.6. The maximum Gasteiger partial charge on any atom is 0.335 e. The van der Waals surface area contributed by atoms with Crippen molar-refractivity contribution in [2.45, 2.75) is 45.8 Å². The molecular weight excluding hydrogens is 480 g/mol. The lowest BCUT2D eigenvalue weighted by atomic mass is 9.95. The number of hydrogen-bond donors (Lipinski definition) is 4. The van der Waals surface area contributed by atoms with Gasteiger partial charge in [-0.25, -0.2) is 9.78 Å². The molecule has 1 heterocycles. The van der Waals surface area contributed by atoms with Crippen LogP contribution in [0.5, 0.6) is 5.75 Å². The largest absolute Gasteiger partial charge is 0.508 e. The number of imidazole rings is 1. The van der Waals surface area contributed by atoms with Crippen molar-refractivity contribution in [3.8, 4) is 17.0 Å². The zero-order valence-electron chi connectivity index (χ0n) is 21.7. The molecule has 5 N–H and O–H groups in total. The number of aryl methyl sites for hydroxylation is 2. The van der Waals surface area contributed by atoms with Gasteiger partial charge in [-0.05, 0) is 73.7 Å². The number of amides is 1. The van der Waals surface area contributed by atoms with Gasteiger partial charge in [0.25, 0.3) is 0 Å². The predicted molar refractivity (Wildman–Crippen MR) is 146 cm³/mol. The number of benzene rings is 3. The molecule has 0 spiro atoms. The number of aromatic nitrogens is 2. The Morgan fingerprint density at radius 3 is 2.26 bits per heavy atom. The van der Waals surface area contributed by atoms with E-state index in [0.717, 1.165) is 33.5 Å². The summed E-state index contributed by atoms with van der Waals surface area (Å²) in [6.45, 7) is 5.89. The van der Waals surface area contributed by atoms with E-state index in [2.05, 4.69) is 4.98 Å². The van der Waals surface area contributed by atoms with Crippen LogP contribution in [-0.4, -0.2) is 43.0 Å². The fraction of sp³-hybridized carbons (Fsp3) is 0.233. The minimum absolute atomic E-state index is 0.174. The van der Waals surface area contributed by atoms with Crippen molar-refractivity contribution in [1.82, 2.24) is 14.9 Å². The number of nitrogens with two attached hydrogens (primary N) is 1. The minimum Gasteiger partial charge on any atom is -0.508 e. The van der Waals surface area contributed by atoms with Gasteiger partial charge in [-0.1, -0.05) is 42.5 Å². The van der Waals surface area contributed by atoms with Gasteiger partial charge in [-0.3, -0.25) is 4.79 Å². The number of hydrogen-bond acceptors (Lipinski definition) is 5. The Kier molecular flexibility index (Phi) is 7.93. The quantitative estimate of drug-likeness (QED) is 0.256. The Morgan fingerprint density at radius 1 is 1.03 bits per heavy atom. The van der Waals surface area contributed by atoms with E-state index in [1.165, 1.54) is 12.1 Å². The molecule has 1 aromatic heterocycles. The SMILES string of the molecule is Cc1cc(O)cc(C)c1C[C@H](N)C(=O)N(Cc1ccc(C(=O)O)cc1)[C@@H](C)c1nc(-c2ccccc2)c[nH]1. The van der Waals surface area contributed by atoms with E-state index in [1.807, 2.05) is 57.3 Å². The molecule has 38 heavy (non-hydrogen) atoms. The number of rotatable bonds is 9. The summed E-state index contributed by atoms with van der Waals surface area (Å²) in [4.78, 5) is 34.7. The van der Waals surface area contributed by atoms with Crippen LogP contribution in [0.3, 0.4) is 0 Å². The Morgan fingerprint density at radius 2 is 1.66 bits per heavy atom. The first-order valence-electron chi connectivity index (χ1n) is 12.4. The molecule has 8 heteroatoms. The molecule has 1 amide bonds. The zero-order chi connectivity index (χ0) is 27.4. The van der Waals surface area contributed by atoms with Gasteiger partial charge in [0.2, 0.25) is 5.91 Å². The molecular formula is C30H32N4O4. The summed E-state index contributed by atoms with van der Waals surface area (Å²) < 4.78 is 0. The molecule has 0 radical (unpaired) electrons. The van der Waals surface area contributed by atoms with E-state index in [9.17, 15) is 19.8 Å². The molecule has 196 valence electrons. The second kappa shape index (κ2) is 11.3. The highest BCUT2D eigenvalue weighted by Gasteiger charge is 2.29. The third kappa shape index (κ3) is 5.92. The summed E-state index contributed by atoms with van der Waals surface area (Å²) in [7, 11) is 0. The van der Waals surface area contributed by atoms with Crippen LogP contribution in [0.25, 0.3) is 11.3 Å². The third-order valence-corrected chi connectivity index (χ3v) is 6.79. The van der Waals surface area contributed by atoms with Crippen LogP contribution >= 0.6 is 0 Å². The van der Waals surface area contributed by atoms with Gasteiger partial charge in [0.05, 0.1) is 23.3 Å². The third-order valence-electron chi connectivity index (χ3n) is 6.79. The lowest BCUT2D eigenvalue weighted by Gasteiger charge is -2.31. The average Bonchev–Trinajstić information content (AvgIpc) is 3.40. The van der Waals surface area contributed by atoms with Crippen molar-refractivity contribution in [2.24, 2.45) is 5.73 Å². The number of nitrogens with one attached hydrogen (secondary N) is 1. The molecule has 0 aliphatic carbocycles. The lowest BCUT2D eigenvalue weighted by molar-refractivity contribution is -0.135. The number of phenols is 1. The Hall–Kier alpha value is -4.43. The molecule has 0 saturated heterocycles. The van der Waals surface area contributed by atoms with Gasteiger partial charge < -0.3 is 25.8 Å². The van der Waals surface area contributed by atoms with E-state index >= 15 is 0 Å². The number of aromatic amines is 1. The van der Waals surface area contributed by atoms with Crippen molar-refractivity contribution in [3.63, 3.8) is 0 Å². The van der Waals surface area contributed by atoms with E-state index in [0.29, 0.717) is 12.2 Å². The molecule has 8 nitrogen and oxygen atoms in total. The fourth-order valence-electron chi connectivity index (χ4n) is 4.62.